The minimum absolute atomic E-state index is 0.123. The number of fused-ring (bicyclic) bond motifs is 1. The van der Waals surface area contributed by atoms with E-state index in [2.05, 4.69) is 4.98 Å². The molecule has 0 amide bonds. The first-order valence-corrected chi connectivity index (χ1v) is 11.0. The summed E-state index contributed by atoms with van der Waals surface area (Å²) < 4.78 is 14.6. The number of nitrogens with zero attached hydrogens (tertiary/aromatic N) is 3. The SMILES string of the molecule is Cc1ccnc(-n2c(SCCSc3ccc(F)cc3)nc3ccccc3c2=O)c1. The van der Waals surface area contributed by atoms with Gasteiger partial charge in [0.25, 0.3) is 5.56 Å². The van der Waals surface area contributed by atoms with E-state index in [1.54, 1.807) is 40.7 Å². The van der Waals surface area contributed by atoms with Crippen molar-refractivity contribution < 1.29 is 4.39 Å². The first-order valence-electron chi connectivity index (χ1n) is 9.08. The van der Waals surface area contributed by atoms with Gasteiger partial charge in [0.15, 0.2) is 5.16 Å². The summed E-state index contributed by atoms with van der Waals surface area (Å²) in [6, 6.07) is 17.6. The van der Waals surface area contributed by atoms with Crippen molar-refractivity contribution in [3.63, 3.8) is 0 Å². The molecule has 0 saturated carbocycles. The number of benzene rings is 2. The van der Waals surface area contributed by atoms with Crippen LogP contribution in [0.2, 0.25) is 0 Å². The quantitative estimate of drug-likeness (QED) is 0.245. The molecule has 2 heterocycles. The van der Waals surface area contributed by atoms with Gasteiger partial charge in [-0.05, 0) is 61.0 Å². The fourth-order valence-corrected chi connectivity index (χ4v) is 4.76. The van der Waals surface area contributed by atoms with Crippen LogP contribution in [0.15, 0.2) is 81.7 Å². The Bertz CT molecular complexity index is 1210. The van der Waals surface area contributed by atoms with Crippen molar-refractivity contribution in [1.82, 2.24) is 14.5 Å². The van der Waals surface area contributed by atoms with E-state index in [4.69, 9.17) is 4.98 Å². The van der Waals surface area contributed by atoms with Crippen LogP contribution in [0, 0.1) is 12.7 Å². The molecule has 0 unspecified atom stereocenters. The lowest BCUT2D eigenvalue weighted by atomic mass is 10.2. The monoisotopic (exact) mass is 423 g/mol. The molecule has 4 nitrogen and oxygen atoms in total. The molecule has 0 aliphatic carbocycles. The lowest BCUT2D eigenvalue weighted by molar-refractivity contribution is 0.626. The molecule has 4 aromatic rings. The molecular weight excluding hydrogens is 405 g/mol. The van der Waals surface area contributed by atoms with Gasteiger partial charge >= 0.3 is 0 Å². The smallest absolute Gasteiger partial charge is 0.267 e. The molecule has 0 bridgehead atoms. The average molecular weight is 424 g/mol. The summed E-state index contributed by atoms with van der Waals surface area (Å²) in [7, 11) is 0. The fraction of sp³-hybridized carbons (Fsp3) is 0.136. The van der Waals surface area contributed by atoms with E-state index >= 15 is 0 Å². The standard InChI is InChI=1S/C22H18FN3OS2/c1-15-10-11-24-20(14-15)26-21(27)18-4-2-3-5-19(18)25-22(26)29-13-12-28-17-8-6-16(23)7-9-17/h2-11,14H,12-13H2,1H3. The Kier molecular flexibility index (Phi) is 5.97. The third-order valence-corrected chi connectivity index (χ3v) is 6.48. The molecule has 0 aliphatic heterocycles. The fourth-order valence-electron chi connectivity index (χ4n) is 2.88. The second-order valence-electron chi connectivity index (χ2n) is 6.39. The summed E-state index contributed by atoms with van der Waals surface area (Å²) in [5.74, 6) is 1.89. The summed E-state index contributed by atoms with van der Waals surface area (Å²) in [5, 5.41) is 1.19. The Balaban J connectivity index is 1.62. The highest BCUT2D eigenvalue weighted by atomic mass is 32.2. The van der Waals surface area contributed by atoms with Crippen LogP contribution in [0.25, 0.3) is 16.7 Å². The topological polar surface area (TPSA) is 47.8 Å². The van der Waals surface area contributed by atoms with Crippen molar-refractivity contribution >= 4 is 34.4 Å². The molecule has 0 aliphatic rings. The van der Waals surface area contributed by atoms with Gasteiger partial charge < -0.3 is 0 Å². The number of halogens is 1. The van der Waals surface area contributed by atoms with Crippen molar-refractivity contribution in [2.45, 2.75) is 17.0 Å². The van der Waals surface area contributed by atoms with E-state index in [1.165, 1.54) is 23.9 Å². The van der Waals surface area contributed by atoms with E-state index in [0.29, 0.717) is 21.9 Å². The number of thioether (sulfide) groups is 2. The molecule has 0 N–H and O–H groups in total. The van der Waals surface area contributed by atoms with Gasteiger partial charge in [0.2, 0.25) is 0 Å². The van der Waals surface area contributed by atoms with E-state index < -0.39 is 0 Å². The predicted molar refractivity (Wildman–Crippen MR) is 118 cm³/mol. The van der Waals surface area contributed by atoms with Crippen LogP contribution in [-0.4, -0.2) is 26.0 Å². The minimum atomic E-state index is -0.237. The van der Waals surface area contributed by atoms with E-state index in [-0.39, 0.29) is 11.4 Å². The lowest BCUT2D eigenvalue weighted by Crippen LogP contribution is -2.22. The van der Waals surface area contributed by atoms with Gasteiger partial charge in [-0.3, -0.25) is 4.79 Å². The number of hydrogen-bond acceptors (Lipinski definition) is 5. The highest BCUT2D eigenvalue weighted by Crippen LogP contribution is 2.24. The molecule has 4 rings (SSSR count). The van der Waals surface area contributed by atoms with Gasteiger partial charge in [0.05, 0.1) is 10.9 Å². The van der Waals surface area contributed by atoms with E-state index in [1.807, 2.05) is 37.3 Å². The molecule has 0 radical (unpaired) electrons. The number of rotatable bonds is 6. The van der Waals surface area contributed by atoms with Gasteiger partial charge in [-0.15, -0.1) is 11.8 Å². The molecule has 146 valence electrons. The molecule has 0 atom stereocenters. The number of para-hydroxylation sites is 1. The maximum absolute atomic E-state index is 13.2. The Labute approximate surface area is 176 Å². The summed E-state index contributed by atoms with van der Waals surface area (Å²) >= 11 is 3.16. The van der Waals surface area contributed by atoms with Gasteiger partial charge in [0, 0.05) is 22.6 Å². The molecule has 7 heteroatoms. The number of aromatic nitrogens is 3. The van der Waals surface area contributed by atoms with Crippen molar-refractivity contribution in [2.24, 2.45) is 0 Å². The van der Waals surface area contributed by atoms with Crippen LogP contribution in [0.4, 0.5) is 4.39 Å². The van der Waals surface area contributed by atoms with Crippen LogP contribution in [-0.2, 0) is 0 Å². The third kappa shape index (κ3) is 4.52. The molecule has 2 aromatic heterocycles. The van der Waals surface area contributed by atoms with Crippen LogP contribution in [0.1, 0.15) is 5.56 Å². The van der Waals surface area contributed by atoms with Crippen LogP contribution >= 0.6 is 23.5 Å². The van der Waals surface area contributed by atoms with E-state index in [9.17, 15) is 9.18 Å². The van der Waals surface area contributed by atoms with Gasteiger partial charge in [-0.1, -0.05) is 23.9 Å². The average Bonchev–Trinajstić information content (AvgIpc) is 2.73. The van der Waals surface area contributed by atoms with Crippen LogP contribution in [0.3, 0.4) is 0 Å². The minimum Gasteiger partial charge on any atom is -0.268 e. The van der Waals surface area contributed by atoms with Gasteiger partial charge in [-0.2, -0.15) is 0 Å². The predicted octanol–water partition coefficient (Wildman–Crippen LogP) is 5.11. The Morgan fingerprint density at radius 3 is 2.55 bits per heavy atom. The summed E-state index contributed by atoms with van der Waals surface area (Å²) in [6.07, 6.45) is 1.70. The maximum Gasteiger partial charge on any atom is 0.267 e. The van der Waals surface area contributed by atoms with Crippen molar-refractivity contribution in [1.29, 1.82) is 0 Å². The summed E-state index contributed by atoms with van der Waals surface area (Å²) in [5.41, 5.74) is 1.58. The van der Waals surface area contributed by atoms with Crippen molar-refractivity contribution in [2.75, 3.05) is 11.5 Å². The number of hydrogen-bond donors (Lipinski definition) is 0. The first-order chi connectivity index (χ1) is 14.1. The van der Waals surface area contributed by atoms with Crippen molar-refractivity contribution in [3.8, 4) is 5.82 Å². The summed E-state index contributed by atoms with van der Waals surface area (Å²) in [4.78, 5) is 23.3. The largest absolute Gasteiger partial charge is 0.268 e. The van der Waals surface area contributed by atoms with Crippen molar-refractivity contribution in [3.05, 3.63) is 88.6 Å². The highest BCUT2D eigenvalue weighted by molar-refractivity contribution is 8.02. The second kappa shape index (κ2) is 8.80. The highest BCUT2D eigenvalue weighted by Gasteiger charge is 2.14. The van der Waals surface area contributed by atoms with Gasteiger partial charge in [-0.25, -0.2) is 18.9 Å². The second-order valence-corrected chi connectivity index (χ2v) is 8.62. The molecule has 0 saturated heterocycles. The molecule has 29 heavy (non-hydrogen) atoms. The lowest BCUT2D eigenvalue weighted by Gasteiger charge is -2.12. The first kappa shape index (κ1) is 19.7. The van der Waals surface area contributed by atoms with E-state index in [0.717, 1.165) is 22.0 Å². The Hall–Kier alpha value is -2.64. The number of aryl methyl sites for hydroxylation is 1. The molecule has 0 fully saturated rings. The van der Waals surface area contributed by atoms with Crippen LogP contribution < -0.4 is 5.56 Å². The molecule has 2 aromatic carbocycles. The zero-order valence-corrected chi connectivity index (χ0v) is 17.3. The van der Waals surface area contributed by atoms with Gasteiger partial charge in [0.1, 0.15) is 11.6 Å². The Morgan fingerprint density at radius 2 is 1.76 bits per heavy atom. The summed E-state index contributed by atoms with van der Waals surface area (Å²) in [6.45, 7) is 1.97. The normalized spacial score (nSPS) is 11.1. The Morgan fingerprint density at radius 1 is 1.00 bits per heavy atom. The molecule has 0 spiro atoms. The zero-order chi connectivity index (χ0) is 20.2. The number of pyridine rings is 1. The third-order valence-electron chi connectivity index (χ3n) is 4.27. The van der Waals surface area contributed by atoms with Crippen LogP contribution in [0.5, 0.6) is 0 Å². The maximum atomic E-state index is 13.2. The zero-order valence-electron chi connectivity index (χ0n) is 15.7. The molecular formula is C22H18FN3OS2.